The van der Waals surface area contributed by atoms with E-state index in [1.165, 1.54) is 6.07 Å². The standard InChI is InChI=1S/C12H13N5O3/c1-7-4-3-5-9(17(18)19)11(7)20-10-6-8(2)14-12(15-10)16-13/h3-6H,13H2,1-2H3,(H,14,15,16). The molecular weight excluding hydrogens is 262 g/mol. The number of nitrogen functional groups attached to an aromatic ring is 1. The summed E-state index contributed by atoms with van der Waals surface area (Å²) in [5.41, 5.74) is 3.45. The summed E-state index contributed by atoms with van der Waals surface area (Å²) in [5, 5.41) is 11.0. The third-order valence-corrected chi connectivity index (χ3v) is 2.55. The number of para-hydroxylation sites is 1. The second-order valence-corrected chi connectivity index (χ2v) is 4.10. The Bertz CT molecular complexity index is 660. The second kappa shape index (κ2) is 5.49. The number of hydrazine groups is 1. The first-order chi connectivity index (χ1) is 9.51. The van der Waals surface area contributed by atoms with Crippen molar-refractivity contribution in [2.24, 2.45) is 5.84 Å². The zero-order chi connectivity index (χ0) is 14.7. The number of nitrogens with one attached hydrogen (secondary N) is 1. The first-order valence-corrected chi connectivity index (χ1v) is 5.75. The number of nitro benzene ring substituents is 1. The van der Waals surface area contributed by atoms with Gasteiger partial charge in [-0.3, -0.25) is 15.5 Å². The molecule has 3 N–H and O–H groups in total. The van der Waals surface area contributed by atoms with Crippen molar-refractivity contribution >= 4 is 11.6 Å². The maximum Gasteiger partial charge on any atom is 0.311 e. The van der Waals surface area contributed by atoms with E-state index >= 15 is 0 Å². The van der Waals surface area contributed by atoms with Gasteiger partial charge in [-0.1, -0.05) is 12.1 Å². The summed E-state index contributed by atoms with van der Waals surface area (Å²) in [6.07, 6.45) is 0. The molecule has 1 heterocycles. The van der Waals surface area contributed by atoms with Crippen LogP contribution in [0.3, 0.4) is 0 Å². The minimum Gasteiger partial charge on any atom is -0.431 e. The van der Waals surface area contributed by atoms with Crippen molar-refractivity contribution in [3.63, 3.8) is 0 Å². The van der Waals surface area contributed by atoms with Gasteiger partial charge in [0.25, 0.3) is 0 Å². The van der Waals surface area contributed by atoms with E-state index in [4.69, 9.17) is 10.6 Å². The Kier molecular flexibility index (Phi) is 3.76. The van der Waals surface area contributed by atoms with Gasteiger partial charge in [0.2, 0.25) is 17.6 Å². The number of ether oxygens (including phenoxy) is 1. The zero-order valence-corrected chi connectivity index (χ0v) is 11.0. The lowest BCUT2D eigenvalue weighted by atomic mass is 10.2. The van der Waals surface area contributed by atoms with Gasteiger partial charge in [-0.2, -0.15) is 4.98 Å². The molecule has 104 valence electrons. The molecule has 0 saturated carbocycles. The average Bonchev–Trinajstić information content (AvgIpc) is 2.40. The third kappa shape index (κ3) is 2.81. The van der Waals surface area contributed by atoms with Gasteiger partial charge in [0.15, 0.2) is 0 Å². The SMILES string of the molecule is Cc1cc(Oc2c(C)cccc2[N+](=O)[O-])nc(NN)n1. The first kappa shape index (κ1) is 13.7. The summed E-state index contributed by atoms with van der Waals surface area (Å²) < 4.78 is 5.54. The van der Waals surface area contributed by atoms with Crippen molar-refractivity contribution in [1.82, 2.24) is 9.97 Å². The lowest BCUT2D eigenvalue weighted by Crippen LogP contribution is -2.11. The minimum atomic E-state index is -0.502. The lowest BCUT2D eigenvalue weighted by molar-refractivity contribution is -0.385. The number of aromatic nitrogens is 2. The number of nitrogens with zero attached hydrogens (tertiary/aromatic N) is 3. The number of anilines is 1. The molecule has 0 spiro atoms. The van der Waals surface area contributed by atoms with Gasteiger partial charge in [0.05, 0.1) is 4.92 Å². The number of hydrogen-bond donors (Lipinski definition) is 2. The molecule has 20 heavy (non-hydrogen) atoms. The smallest absolute Gasteiger partial charge is 0.311 e. The Labute approximate surface area is 114 Å². The van der Waals surface area contributed by atoms with E-state index in [2.05, 4.69) is 15.4 Å². The van der Waals surface area contributed by atoms with Gasteiger partial charge in [-0.15, -0.1) is 0 Å². The van der Waals surface area contributed by atoms with Crippen molar-refractivity contribution in [1.29, 1.82) is 0 Å². The van der Waals surface area contributed by atoms with Gasteiger partial charge in [-0.25, -0.2) is 10.8 Å². The predicted octanol–water partition coefficient (Wildman–Crippen LogP) is 2.08. The van der Waals surface area contributed by atoms with Crippen LogP contribution in [0, 0.1) is 24.0 Å². The van der Waals surface area contributed by atoms with Crippen molar-refractivity contribution in [2.45, 2.75) is 13.8 Å². The van der Waals surface area contributed by atoms with Crippen molar-refractivity contribution < 1.29 is 9.66 Å². The molecule has 0 bridgehead atoms. The number of nitro groups is 1. The molecule has 1 aromatic heterocycles. The highest BCUT2D eigenvalue weighted by atomic mass is 16.6. The van der Waals surface area contributed by atoms with Gasteiger partial charge in [0.1, 0.15) is 0 Å². The van der Waals surface area contributed by atoms with Crippen LogP contribution in [0.2, 0.25) is 0 Å². The third-order valence-electron chi connectivity index (χ3n) is 2.55. The van der Waals surface area contributed by atoms with Crippen LogP contribution in [0.25, 0.3) is 0 Å². The molecule has 0 saturated heterocycles. The minimum absolute atomic E-state index is 0.122. The molecular formula is C12H13N5O3. The fraction of sp³-hybridized carbons (Fsp3) is 0.167. The summed E-state index contributed by atoms with van der Waals surface area (Å²) in [5.74, 6) is 5.76. The van der Waals surface area contributed by atoms with E-state index in [9.17, 15) is 10.1 Å². The maximum atomic E-state index is 11.0. The fourth-order valence-electron chi connectivity index (χ4n) is 1.67. The number of rotatable bonds is 4. The molecule has 8 heteroatoms. The highest BCUT2D eigenvalue weighted by molar-refractivity contribution is 5.52. The van der Waals surface area contributed by atoms with Gasteiger partial charge in [-0.05, 0) is 19.4 Å². The molecule has 2 rings (SSSR count). The highest BCUT2D eigenvalue weighted by Crippen LogP contribution is 2.33. The zero-order valence-electron chi connectivity index (χ0n) is 11.0. The van der Waals surface area contributed by atoms with Gasteiger partial charge < -0.3 is 4.74 Å². The molecule has 0 atom stereocenters. The summed E-state index contributed by atoms with van der Waals surface area (Å²) in [6, 6.07) is 6.26. The van der Waals surface area contributed by atoms with Crippen LogP contribution in [0.5, 0.6) is 11.6 Å². The van der Waals surface area contributed by atoms with Crippen molar-refractivity contribution in [3.8, 4) is 11.6 Å². The summed E-state index contributed by atoms with van der Waals surface area (Å²) in [4.78, 5) is 18.5. The van der Waals surface area contributed by atoms with Crippen molar-refractivity contribution in [3.05, 3.63) is 45.6 Å². The van der Waals surface area contributed by atoms with Crippen molar-refractivity contribution in [2.75, 3.05) is 5.43 Å². The lowest BCUT2D eigenvalue weighted by Gasteiger charge is -2.09. The maximum absolute atomic E-state index is 11.0. The van der Waals surface area contributed by atoms with Crippen LogP contribution in [-0.2, 0) is 0 Å². The Balaban J connectivity index is 2.44. The summed E-state index contributed by atoms with van der Waals surface area (Å²) in [6.45, 7) is 3.46. The van der Waals surface area contributed by atoms with Crippen LogP contribution in [0.15, 0.2) is 24.3 Å². The summed E-state index contributed by atoms with van der Waals surface area (Å²) >= 11 is 0. The molecule has 8 nitrogen and oxygen atoms in total. The molecule has 0 radical (unpaired) electrons. The highest BCUT2D eigenvalue weighted by Gasteiger charge is 2.18. The topological polar surface area (TPSA) is 116 Å². The molecule has 0 unspecified atom stereocenters. The second-order valence-electron chi connectivity index (χ2n) is 4.10. The fourth-order valence-corrected chi connectivity index (χ4v) is 1.67. The molecule has 0 aliphatic rings. The summed E-state index contributed by atoms with van der Waals surface area (Å²) in [7, 11) is 0. The average molecular weight is 275 g/mol. The quantitative estimate of drug-likeness (QED) is 0.498. The van der Waals surface area contributed by atoms with E-state index in [1.807, 2.05) is 0 Å². The van der Waals surface area contributed by atoms with E-state index in [0.29, 0.717) is 11.3 Å². The molecule has 0 aliphatic carbocycles. The number of hydrogen-bond acceptors (Lipinski definition) is 7. The molecule has 0 amide bonds. The number of nitrogens with two attached hydrogens (primary N) is 1. The van der Waals surface area contributed by atoms with Gasteiger partial charge in [0, 0.05) is 17.8 Å². The Morgan fingerprint density at radius 1 is 1.35 bits per heavy atom. The molecule has 0 aliphatic heterocycles. The van der Waals surface area contributed by atoms with Gasteiger partial charge >= 0.3 is 5.69 Å². The van der Waals surface area contributed by atoms with E-state index in [1.54, 1.807) is 32.0 Å². The Morgan fingerprint density at radius 3 is 2.75 bits per heavy atom. The Hall–Kier alpha value is -2.74. The van der Waals surface area contributed by atoms with Crippen LogP contribution < -0.4 is 16.0 Å². The van der Waals surface area contributed by atoms with E-state index in [0.717, 1.165) is 0 Å². The van der Waals surface area contributed by atoms with E-state index < -0.39 is 4.92 Å². The normalized spacial score (nSPS) is 10.2. The number of aryl methyl sites for hydroxylation is 2. The Morgan fingerprint density at radius 2 is 2.10 bits per heavy atom. The van der Waals surface area contributed by atoms with Crippen LogP contribution in [-0.4, -0.2) is 14.9 Å². The molecule has 1 aromatic carbocycles. The van der Waals surface area contributed by atoms with E-state index in [-0.39, 0.29) is 23.3 Å². The molecule has 2 aromatic rings. The largest absolute Gasteiger partial charge is 0.431 e. The molecule has 0 fully saturated rings. The van der Waals surface area contributed by atoms with Crippen LogP contribution >= 0.6 is 0 Å². The van der Waals surface area contributed by atoms with Crippen LogP contribution in [0.4, 0.5) is 11.6 Å². The van der Waals surface area contributed by atoms with Crippen LogP contribution in [0.1, 0.15) is 11.3 Å². The first-order valence-electron chi connectivity index (χ1n) is 5.75. The number of benzene rings is 1. The monoisotopic (exact) mass is 275 g/mol. The predicted molar refractivity (Wildman–Crippen MR) is 72.5 cm³/mol.